The zero-order valence-corrected chi connectivity index (χ0v) is 15.5. The molecule has 0 aliphatic carbocycles. The minimum absolute atomic E-state index is 0.0424. The summed E-state index contributed by atoms with van der Waals surface area (Å²) >= 11 is 0. The third-order valence-electron chi connectivity index (χ3n) is 5.48. The number of halogens is 3. The van der Waals surface area contributed by atoms with Gasteiger partial charge < -0.3 is 15.3 Å². The van der Waals surface area contributed by atoms with Gasteiger partial charge in [-0.1, -0.05) is 0 Å². The van der Waals surface area contributed by atoms with Crippen molar-refractivity contribution in [2.24, 2.45) is 5.92 Å². The summed E-state index contributed by atoms with van der Waals surface area (Å²) in [6.45, 7) is 1.52. The molecule has 1 fully saturated rings. The van der Waals surface area contributed by atoms with Crippen molar-refractivity contribution in [3.63, 3.8) is 0 Å². The van der Waals surface area contributed by atoms with Crippen LogP contribution in [0, 0.1) is 5.92 Å². The molecule has 2 aromatic heterocycles. The van der Waals surface area contributed by atoms with Crippen molar-refractivity contribution in [3.8, 4) is 17.0 Å². The first-order valence-corrected chi connectivity index (χ1v) is 9.28. The topological polar surface area (TPSA) is 94.1 Å². The number of aromatic nitrogens is 3. The van der Waals surface area contributed by atoms with Gasteiger partial charge in [-0.25, -0.2) is 4.98 Å². The lowest BCUT2D eigenvalue weighted by Gasteiger charge is -2.18. The Morgan fingerprint density at radius 1 is 1.23 bits per heavy atom. The van der Waals surface area contributed by atoms with Crippen molar-refractivity contribution in [3.05, 3.63) is 53.4 Å². The molecule has 7 nitrogen and oxygen atoms in total. The van der Waals surface area contributed by atoms with E-state index in [4.69, 9.17) is 0 Å². The number of benzene rings is 1. The smallest absolute Gasteiger partial charge is 0.433 e. The first kappa shape index (κ1) is 18.5. The van der Waals surface area contributed by atoms with Gasteiger partial charge >= 0.3 is 6.18 Å². The van der Waals surface area contributed by atoms with Crippen LogP contribution < -0.4 is 5.32 Å². The molecular formula is C20H16F3N5O2. The van der Waals surface area contributed by atoms with E-state index in [9.17, 15) is 23.1 Å². The zero-order chi connectivity index (χ0) is 21.0. The molecule has 1 atom stereocenters. The Morgan fingerprint density at radius 2 is 2.00 bits per heavy atom. The van der Waals surface area contributed by atoms with Gasteiger partial charge in [-0.2, -0.15) is 18.3 Å². The molecule has 10 heteroatoms. The highest BCUT2D eigenvalue weighted by atomic mass is 19.4. The van der Waals surface area contributed by atoms with Crippen LogP contribution in [0.2, 0.25) is 0 Å². The van der Waals surface area contributed by atoms with Crippen LogP contribution in [0.1, 0.15) is 16.1 Å². The van der Waals surface area contributed by atoms with Gasteiger partial charge in [0.2, 0.25) is 0 Å². The maximum absolute atomic E-state index is 13.6. The van der Waals surface area contributed by atoms with E-state index in [0.717, 1.165) is 5.57 Å². The average molecular weight is 415 g/mol. The van der Waals surface area contributed by atoms with Gasteiger partial charge in [0.15, 0.2) is 5.65 Å². The molecule has 4 heterocycles. The summed E-state index contributed by atoms with van der Waals surface area (Å²) in [5.41, 5.74) is 0.535. The maximum Gasteiger partial charge on any atom is 0.433 e. The van der Waals surface area contributed by atoms with Crippen molar-refractivity contribution < 1.29 is 23.1 Å². The van der Waals surface area contributed by atoms with Crippen LogP contribution >= 0.6 is 0 Å². The fraction of sp³-hybridized carbons (Fsp3) is 0.250. The summed E-state index contributed by atoms with van der Waals surface area (Å²) in [5, 5.41) is 18.0. The van der Waals surface area contributed by atoms with E-state index in [1.807, 2.05) is 11.3 Å². The number of amides is 1. The van der Waals surface area contributed by atoms with Gasteiger partial charge in [0.1, 0.15) is 11.4 Å². The number of phenolic OH excluding ortho intramolecular Hbond substituents is 1. The molecule has 2 aliphatic heterocycles. The molecule has 0 spiro atoms. The molecule has 0 saturated carbocycles. The van der Waals surface area contributed by atoms with Gasteiger partial charge in [-0.15, -0.1) is 0 Å². The number of aromatic hydroxyl groups is 1. The van der Waals surface area contributed by atoms with Crippen LogP contribution in [-0.2, 0) is 6.18 Å². The van der Waals surface area contributed by atoms with E-state index < -0.39 is 17.8 Å². The number of carbonyl (C=O) groups is 1. The van der Waals surface area contributed by atoms with Crippen molar-refractivity contribution in [2.45, 2.75) is 6.18 Å². The number of likely N-dealkylation sites (tertiary alicyclic amines) is 1. The molecule has 1 unspecified atom stereocenters. The monoisotopic (exact) mass is 415 g/mol. The summed E-state index contributed by atoms with van der Waals surface area (Å²) < 4.78 is 40.7. The third-order valence-corrected chi connectivity index (χ3v) is 5.48. The fourth-order valence-corrected chi connectivity index (χ4v) is 3.99. The highest BCUT2D eigenvalue weighted by Gasteiger charge is 2.39. The predicted octanol–water partition coefficient (Wildman–Crippen LogP) is 2.91. The first-order chi connectivity index (χ1) is 14.3. The standard InChI is InChI=1S/C20H16F3N5O2/c21-20(22,23)17-16-14(19(30)28-8-11-6-24-7-12(11)9-28)5-15(25-18(16)27-26-17)10-1-3-13(29)4-2-10/h1-6,12,24,29H,7-9H2,(H,25,26,27). The molecule has 3 aromatic rings. The van der Waals surface area contributed by atoms with E-state index in [2.05, 4.69) is 15.4 Å². The minimum Gasteiger partial charge on any atom is -0.508 e. The summed E-state index contributed by atoms with van der Waals surface area (Å²) in [6.07, 6.45) is -2.85. The Labute approximate surface area is 168 Å². The summed E-state index contributed by atoms with van der Waals surface area (Å²) in [4.78, 5) is 19.1. The molecule has 1 amide bonds. The SMILES string of the molecule is O=C(c1cc(-c2ccc(O)cc2)nc2n[nH]c(C(F)(F)F)c12)N1CC2=CNCC2C1. The average Bonchev–Trinajstić information content (AvgIpc) is 3.41. The molecule has 30 heavy (non-hydrogen) atoms. The largest absolute Gasteiger partial charge is 0.508 e. The first-order valence-electron chi connectivity index (χ1n) is 9.28. The number of alkyl halides is 3. The molecule has 3 N–H and O–H groups in total. The number of hydrogen-bond donors (Lipinski definition) is 3. The number of nitrogens with one attached hydrogen (secondary N) is 2. The van der Waals surface area contributed by atoms with Gasteiger partial charge in [0.05, 0.1) is 16.6 Å². The van der Waals surface area contributed by atoms with Gasteiger partial charge in [-0.3, -0.25) is 9.89 Å². The molecule has 0 bridgehead atoms. The minimum atomic E-state index is -4.71. The lowest BCUT2D eigenvalue weighted by molar-refractivity contribution is -0.139. The number of hydrogen-bond acceptors (Lipinski definition) is 5. The Kier molecular flexibility index (Phi) is 3.99. The summed E-state index contributed by atoms with van der Waals surface area (Å²) in [7, 11) is 0. The normalized spacial score (nSPS) is 18.4. The second-order valence-corrected chi connectivity index (χ2v) is 7.41. The van der Waals surface area contributed by atoms with Crippen LogP contribution in [0.15, 0.2) is 42.1 Å². The van der Waals surface area contributed by atoms with E-state index in [1.165, 1.54) is 18.2 Å². The Hall–Kier alpha value is -3.56. The highest BCUT2D eigenvalue weighted by molar-refractivity contribution is 6.07. The fourth-order valence-electron chi connectivity index (χ4n) is 3.99. The Balaban J connectivity index is 1.66. The van der Waals surface area contributed by atoms with Crippen molar-refractivity contribution in [2.75, 3.05) is 19.6 Å². The highest BCUT2D eigenvalue weighted by Crippen LogP contribution is 2.37. The number of carbonyl (C=O) groups excluding carboxylic acids is 1. The lowest BCUT2D eigenvalue weighted by Crippen LogP contribution is -2.31. The quantitative estimate of drug-likeness (QED) is 0.599. The maximum atomic E-state index is 13.6. The number of rotatable bonds is 2. The number of aromatic amines is 1. The molecule has 5 rings (SSSR count). The summed E-state index contributed by atoms with van der Waals surface area (Å²) in [5.74, 6) is -0.278. The second-order valence-electron chi connectivity index (χ2n) is 7.41. The van der Waals surface area contributed by atoms with Crippen molar-refractivity contribution >= 4 is 16.9 Å². The molecule has 1 saturated heterocycles. The molecule has 1 aromatic carbocycles. The zero-order valence-electron chi connectivity index (χ0n) is 15.5. The van der Waals surface area contributed by atoms with Crippen LogP contribution in [0.3, 0.4) is 0 Å². The number of phenols is 1. The second kappa shape index (κ2) is 6.48. The van der Waals surface area contributed by atoms with E-state index in [0.29, 0.717) is 30.9 Å². The van der Waals surface area contributed by atoms with Crippen LogP contribution in [0.5, 0.6) is 5.75 Å². The van der Waals surface area contributed by atoms with Crippen LogP contribution in [0.4, 0.5) is 13.2 Å². The van der Waals surface area contributed by atoms with E-state index >= 15 is 0 Å². The molecular weight excluding hydrogens is 399 g/mol. The van der Waals surface area contributed by atoms with E-state index in [-0.39, 0.29) is 28.3 Å². The van der Waals surface area contributed by atoms with Crippen LogP contribution in [-0.4, -0.2) is 50.7 Å². The molecule has 0 radical (unpaired) electrons. The molecule has 2 aliphatic rings. The summed E-state index contributed by atoms with van der Waals surface area (Å²) in [6, 6.07) is 7.39. The number of H-pyrrole nitrogens is 1. The van der Waals surface area contributed by atoms with Crippen molar-refractivity contribution in [1.29, 1.82) is 0 Å². The van der Waals surface area contributed by atoms with E-state index in [1.54, 1.807) is 17.0 Å². The predicted molar refractivity (Wildman–Crippen MR) is 101 cm³/mol. The van der Waals surface area contributed by atoms with Gasteiger partial charge in [-0.05, 0) is 42.1 Å². The number of fused-ring (bicyclic) bond motifs is 2. The lowest BCUT2D eigenvalue weighted by atomic mass is 10.0. The van der Waals surface area contributed by atoms with Crippen molar-refractivity contribution in [1.82, 2.24) is 25.4 Å². The van der Waals surface area contributed by atoms with Gasteiger partial charge in [0.25, 0.3) is 5.91 Å². The third kappa shape index (κ3) is 2.95. The van der Waals surface area contributed by atoms with Crippen LogP contribution in [0.25, 0.3) is 22.3 Å². The Morgan fingerprint density at radius 3 is 2.70 bits per heavy atom. The molecule has 154 valence electrons. The number of nitrogens with zero attached hydrogens (tertiary/aromatic N) is 3. The van der Waals surface area contributed by atoms with Gasteiger partial charge in [0, 0.05) is 31.1 Å². The number of pyridine rings is 1. The Bertz CT molecular complexity index is 1180.